The van der Waals surface area contributed by atoms with Gasteiger partial charge in [0.25, 0.3) is 0 Å². The smallest absolute Gasteiger partial charge is 0.241 e. The second-order valence-electron chi connectivity index (χ2n) is 4.21. The molecule has 0 saturated carbocycles. The molecule has 1 rings (SSSR count). The number of rotatable bonds is 4. The summed E-state index contributed by atoms with van der Waals surface area (Å²) in [7, 11) is 1.63. The molecule has 0 radical (unpaired) electrons. The van der Waals surface area contributed by atoms with Gasteiger partial charge in [-0.2, -0.15) is 0 Å². The van der Waals surface area contributed by atoms with E-state index >= 15 is 0 Å². The van der Waals surface area contributed by atoms with Gasteiger partial charge < -0.3 is 10.2 Å². The molecule has 0 aromatic heterocycles. The molecule has 1 amide bonds. The van der Waals surface area contributed by atoms with Crippen molar-refractivity contribution in [2.45, 2.75) is 19.9 Å². The van der Waals surface area contributed by atoms with Crippen LogP contribution in [-0.4, -0.2) is 30.4 Å². The highest BCUT2D eigenvalue weighted by molar-refractivity contribution is 5.80. The third kappa shape index (κ3) is 3.38. The second kappa shape index (κ2) is 5.75. The van der Waals surface area contributed by atoms with Gasteiger partial charge in [0, 0.05) is 30.9 Å². The number of amides is 1. The molecular formula is C12H15F3N2O. The number of hydrogen-bond acceptors (Lipinski definition) is 2. The summed E-state index contributed by atoms with van der Waals surface area (Å²) in [6, 6.07) is 1.64. The molecule has 0 unspecified atom stereocenters. The molecule has 1 N–H and O–H groups in total. The summed E-state index contributed by atoms with van der Waals surface area (Å²) in [5.41, 5.74) is 0.0249. The fraction of sp³-hybridized carbons (Fsp3) is 0.417. The molecule has 6 heteroatoms. The van der Waals surface area contributed by atoms with Crippen molar-refractivity contribution in [3.8, 4) is 0 Å². The molecule has 0 aliphatic carbocycles. The normalized spacial score (nSPS) is 10.6. The highest BCUT2D eigenvalue weighted by Gasteiger charge is 2.13. The number of hydrogen-bond donors (Lipinski definition) is 1. The minimum atomic E-state index is -1.52. The maximum absolute atomic E-state index is 12.9. The lowest BCUT2D eigenvalue weighted by atomic mass is 10.2. The molecule has 100 valence electrons. The van der Waals surface area contributed by atoms with Crippen molar-refractivity contribution in [2.24, 2.45) is 0 Å². The molecule has 0 heterocycles. The van der Waals surface area contributed by atoms with Gasteiger partial charge >= 0.3 is 0 Å². The van der Waals surface area contributed by atoms with Crippen molar-refractivity contribution < 1.29 is 18.0 Å². The highest BCUT2D eigenvalue weighted by Crippen LogP contribution is 2.17. The quantitative estimate of drug-likeness (QED) is 0.843. The Bertz CT molecular complexity index is 426. The van der Waals surface area contributed by atoms with Gasteiger partial charge in [-0.25, -0.2) is 13.2 Å². The van der Waals surface area contributed by atoms with Gasteiger partial charge in [-0.15, -0.1) is 0 Å². The molecule has 3 nitrogen and oxygen atoms in total. The molecule has 18 heavy (non-hydrogen) atoms. The third-order valence-electron chi connectivity index (χ3n) is 2.60. The summed E-state index contributed by atoms with van der Waals surface area (Å²) < 4.78 is 38.5. The maximum Gasteiger partial charge on any atom is 0.241 e. The van der Waals surface area contributed by atoms with E-state index in [1.54, 1.807) is 7.05 Å². The van der Waals surface area contributed by atoms with Crippen molar-refractivity contribution in [1.82, 2.24) is 4.90 Å². The Balaban J connectivity index is 2.67. The molecule has 1 aromatic carbocycles. The van der Waals surface area contributed by atoms with E-state index in [-0.39, 0.29) is 24.2 Å². The van der Waals surface area contributed by atoms with Crippen molar-refractivity contribution in [3.63, 3.8) is 0 Å². The minimum Gasteiger partial charge on any atom is -0.376 e. The van der Waals surface area contributed by atoms with Crippen LogP contribution in [0.1, 0.15) is 13.8 Å². The Hall–Kier alpha value is -1.72. The predicted octanol–water partition coefficient (Wildman–Crippen LogP) is 2.38. The van der Waals surface area contributed by atoms with Crippen molar-refractivity contribution in [1.29, 1.82) is 0 Å². The molecule has 0 spiro atoms. The average molecular weight is 260 g/mol. The number of nitrogens with zero attached hydrogens (tertiary/aromatic N) is 1. The molecule has 0 atom stereocenters. The van der Waals surface area contributed by atoms with Crippen molar-refractivity contribution >= 4 is 11.6 Å². The number of nitrogens with one attached hydrogen (secondary N) is 1. The topological polar surface area (TPSA) is 32.3 Å². The standard InChI is InChI=1S/C12H15F3N2O/c1-7(2)17(3)11(18)6-16-8-4-9(13)12(15)10(14)5-8/h4-5,7,16H,6H2,1-3H3. The van der Waals surface area contributed by atoms with Crippen LogP contribution in [0, 0.1) is 17.5 Å². The van der Waals surface area contributed by atoms with E-state index < -0.39 is 17.5 Å². The Labute approximate surface area is 104 Å². The Morgan fingerprint density at radius 1 is 1.28 bits per heavy atom. The van der Waals surface area contributed by atoms with E-state index in [1.807, 2.05) is 13.8 Å². The fourth-order valence-corrected chi connectivity index (χ4v) is 1.25. The Morgan fingerprint density at radius 3 is 2.22 bits per heavy atom. The lowest BCUT2D eigenvalue weighted by Gasteiger charge is -2.21. The SMILES string of the molecule is CC(C)N(C)C(=O)CNc1cc(F)c(F)c(F)c1. The van der Waals surface area contributed by atoms with Crippen molar-refractivity contribution in [2.75, 3.05) is 18.9 Å². The molecule has 0 aliphatic heterocycles. The monoisotopic (exact) mass is 260 g/mol. The van der Waals surface area contributed by atoms with Crippen molar-refractivity contribution in [3.05, 3.63) is 29.6 Å². The van der Waals surface area contributed by atoms with Gasteiger partial charge in [0.1, 0.15) is 0 Å². The molecule has 0 bridgehead atoms. The number of likely N-dealkylation sites (N-methyl/N-ethyl adjacent to an activating group) is 1. The van der Waals surface area contributed by atoms with Gasteiger partial charge in [-0.05, 0) is 13.8 Å². The Kier molecular flexibility index (Phi) is 4.58. The van der Waals surface area contributed by atoms with Gasteiger partial charge in [0.05, 0.1) is 6.54 Å². The first-order valence-electron chi connectivity index (χ1n) is 5.47. The highest BCUT2D eigenvalue weighted by atomic mass is 19.2. The average Bonchev–Trinajstić information content (AvgIpc) is 2.31. The number of anilines is 1. The van der Waals surface area contributed by atoms with Crippen LogP contribution in [0.4, 0.5) is 18.9 Å². The number of halogens is 3. The Morgan fingerprint density at radius 2 is 1.78 bits per heavy atom. The zero-order chi connectivity index (χ0) is 13.9. The number of carbonyl (C=O) groups excluding carboxylic acids is 1. The van der Waals surface area contributed by atoms with E-state index in [0.717, 1.165) is 12.1 Å². The van der Waals surface area contributed by atoms with Crippen LogP contribution in [0.3, 0.4) is 0 Å². The first-order chi connectivity index (χ1) is 8.32. The van der Waals surface area contributed by atoms with E-state index in [1.165, 1.54) is 4.90 Å². The van der Waals surface area contributed by atoms with Gasteiger partial charge in [-0.1, -0.05) is 0 Å². The summed E-state index contributed by atoms with van der Waals surface area (Å²) in [5, 5.41) is 2.55. The van der Waals surface area contributed by atoms with E-state index in [2.05, 4.69) is 5.32 Å². The van der Waals surface area contributed by atoms with Gasteiger partial charge in [0.15, 0.2) is 17.5 Å². The molecule has 0 fully saturated rings. The zero-order valence-corrected chi connectivity index (χ0v) is 10.4. The van der Waals surface area contributed by atoms with E-state index in [9.17, 15) is 18.0 Å². The summed E-state index contributed by atoms with van der Waals surface area (Å²) in [4.78, 5) is 13.1. The van der Waals surface area contributed by atoms with Crippen LogP contribution in [-0.2, 0) is 4.79 Å². The van der Waals surface area contributed by atoms with E-state index in [4.69, 9.17) is 0 Å². The summed E-state index contributed by atoms with van der Waals surface area (Å²) in [5.74, 6) is -4.33. The van der Waals surface area contributed by atoms with Crippen LogP contribution >= 0.6 is 0 Å². The summed E-state index contributed by atoms with van der Waals surface area (Å²) in [6.07, 6.45) is 0. The number of carbonyl (C=O) groups is 1. The molecule has 0 aliphatic rings. The van der Waals surface area contributed by atoms with E-state index in [0.29, 0.717) is 0 Å². The first kappa shape index (κ1) is 14.3. The van der Waals surface area contributed by atoms with Gasteiger partial charge in [-0.3, -0.25) is 4.79 Å². The lowest BCUT2D eigenvalue weighted by molar-refractivity contribution is -0.129. The maximum atomic E-state index is 12.9. The van der Waals surface area contributed by atoms with Crippen LogP contribution in [0.15, 0.2) is 12.1 Å². The fourth-order valence-electron chi connectivity index (χ4n) is 1.25. The molecular weight excluding hydrogens is 245 g/mol. The largest absolute Gasteiger partial charge is 0.376 e. The lowest BCUT2D eigenvalue weighted by Crippen LogP contribution is -2.37. The third-order valence-corrected chi connectivity index (χ3v) is 2.60. The van der Waals surface area contributed by atoms with Crippen LogP contribution in [0.5, 0.6) is 0 Å². The minimum absolute atomic E-state index is 0.0249. The number of benzene rings is 1. The molecule has 0 saturated heterocycles. The molecule has 1 aromatic rings. The van der Waals surface area contributed by atoms with Crippen LogP contribution in [0.25, 0.3) is 0 Å². The summed E-state index contributed by atoms with van der Waals surface area (Å²) >= 11 is 0. The van der Waals surface area contributed by atoms with Gasteiger partial charge in [0.2, 0.25) is 5.91 Å². The predicted molar refractivity (Wildman–Crippen MR) is 62.7 cm³/mol. The summed E-state index contributed by atoms with van der Waals surface area (Å²) in [6.45, 7) is 3.57. The first-order valence-corrected chi connectivity index (χ1v) is 5.47. The van der Waals surface area contributed by atoms with Crippen LogP contribution in [0.2, 0.25) is 0 Å². The zero-order valence-electron chi connectivity index (χ0n) is 10.4. The van der Waals surface area contributed by atoms with Crippen LogP contribution < -0.4 is 5.32 Å². The second-order valence-corrected chi connectivity index (χ2v) is 4.21.